The highest BCUT2D eigenvalue weighted by molar-refractivity contribution is 5.15. The van der Waals surface area contributed by atoms with Crippen molar-refractivity contribution in [3.63, 3.8) is 0 Å². The Morgan fingerprint density at radius 2 is 1.67 bits per heavy atom. The molecule has 12 atom stereocenters. The Morgan fingerprint density at radius 1 is 0.867 bits per heavy atom. The molecule has 2 heterocycles. The minimum Gasteiger partial charge on any atom is -0.393 e. The number of hydrogen-bond acceptors (Lipinski definition) is 2. The van der Waals surface area contributed by atoms with Crippen LogP contribution in [0.5, 0.6) is 0 Å². The van der Waals surface area contributed by atoms with Gasteiger partial charge in [0, 0.05) is 24.2 Å². The van der Waals surface area contributed by atoms with Gasteiger partial charge in [0.05, 0.1) is 18.8 Å². The number of aliphatic hydroxyl groups is 1. The lowest BCUT2D eigenvalue weighted by molar-refractivity contribution is -0.786. The average molecular weight is 417 g/mol. The number of ether oxygens (including phenoxy) is 1. The molecule has 30 heavy (non-hydrogen) atoms. The molecule has 6 rings (SSSR count). The monoisotopic (exact) mass is 416 g/mol. The number of nitrogens with two attached hydrogens (primary N) is 1. The number of rotatable bonds is 0. The largest absolute Gasteiger partial charge is 0.393 e. The molecule has 4 saturated carbocycles. The molecule has 0 aromatic rings. The molecule has 0 aromatic heterocycles. The molecule has 2 aliphatic heterocycles. The van der Waals surface area contributed by atoms with Crippen LogP contribution in [0.2, 0.25) is 0 Å². The number of quaternary nitrogens is 1. The third-order valence-corrected chi connectivity index (χ3v) is 12.3. The van der Waals surface area contributed by atoms with Gasteiger partial charge < -0.3 is 15.2 Å². The standard InChI is InChI=1S/C27H45NO2/c1-16-7-12-27(28-15-16)17(2)24-23(30-27)14-22-20-6-5-18-13-19(29)8-10-25(18,3)21(20)9-11-26(22,24)4/h16-24,28-29H,5-15H2,1-4H3/p+1/t16-,17-,18?,19+,20+,21?,22?,23?,24?,25-,26-,27-/m0/s1. The summed E-state index contributed by atoms with van der Waals surface area (Å²) in [6.45, 7) is 11.5. The predicted octanol–water partition coefficient (Wildman–Crippen LogP) is 4.34. The van der Waals surface area contributed by atoms with E-state index < -0.39 is 0 Å². The quantitative estimate of drug-likeness (QED) is 0.617. The van der Waals surface area contributed by atoms with E-state index in [1.54, 1.807) is 0 Å². The van der Waals surface area contributed by atoms with Crippen molar-refractivity contribution < 1.29 is 15.2 Å². The van der Waals surface area contributed by atoms with Gasteiger partial charge in [0.15, 0.2) is 0 Å². The molecule has 0 radical (unpaired) electrons. The van der Waals surface area contributed by atoms with Gasteiger partial charge in [0.2, 0.25) is 5.72 Å². The Labute approximate surface area is 184 Å². The van der Waals surface area contributed by atoms with E-state index in [0.717, 1.165) is 48.3 Å². The van der Waals surface area contributed by atoms with Gasteiger partial charge in [0.25, 0.3) is 0 Å². The van der Waals surface area contributed by atoms with Crippen molar-refractivity contribution in [3.05, 3.63) is 0 Å². The molecule has 4 aliphatic carbocycles. The van der Waals surface area contributed by atoms with E-state index in [4.69, 9.17) is 4.74 Å². The van der Waals surface area contributed by atoms with E-state index in [9.17, 15) is 5.11 Å². The first-order chi connectivity index (χ1) is 14.3. The molecule has 3 nitrogen and oxygen atoms in total. The van der Waals surface area contributed by atoms with E-state index in [-0.39, 0.29) is 11.8 Å². The summed E-state index contributed by atoms with van der Waals surface area (Å²) < 4.78 is 7.07. The van der Waals surface area contributed by atoms with Crippen LogP contribution in [0.15, 0.2) is 0 Å². The van der Waals surface area contributed by atoms with Crippen LogP contribution in [0.4, 0.5) is 0 Å². The smallest absolute Gasteiger partial charge is 0.203 e. The lowest BCUT2D eigenvalue weighted by Crippen LogP contribution is -3.00. The van der Waals surface area contributed by atoms with Gasteiger partial charge in [-0.05, 0) is 92.3 Å². The third-order valence-electron chi connectivity index (χ3n) is 12.3. The van der Waals surface area contributed by atoms with Crippen LogP contribution in [-0.2, 0) is 4.74 Å². The summed E-state index contributed by atoms with van der Waals surface area (Å²) in [6, 6.07) is 0. The number of aliphatic hydroxyl groups excluding tert-OH is 1. The number of hydrogen-bond donors (Lipinski definition) is 2. The van der Waals surface area contributed by atoms with E-state index in [1.807, 2.05) is 0 Å². The Kier molecular flexibility index (Phi) is 4.58. The van der Waals surface area contributed by atoms with Gasteiger partial charge in [-0.1, -0.05) is 27.7 Å². The molecule has 1 spiro atoms. The van der Waals surface area contributed by atoms with Crippen molar-refractivity contribution in [1.29, 1.82) is 0 Å². The van der Waals surface area contributed by atoms with Gasteiger partial charge in [0.1, 0.15) is 0 Å². The molecule has 2 saturated heterocycles. The summed E-state index contributed by atoms with van der Waals surface area (Å²) in [6.07, 6.45) is 13.4. The van der Waals surface area contributed by atoms with E-state index in [1.165, 1.54) is 57.9 Å². The fourth-order valence-electron chi connectivity index (χ4n) is 10.6. The van der Waals surface area contributed by atoms with Crippen LogP contribution in [0, 0.1) is 52.3 Å². The Balaban J connectivity index is 1.26. The molecule has 0 amide bonds. The zero-order valence-electron chi connectivity index (χ0n) is 19.9. The number of piperidine rings is 1. The Bertz CT molecular complexity index is 686. The maximum Gasteiger partial charge on any atom is 0.203 e. The Morgan fingerprint density at radius 3 is 2.43 bits per heavy atom. The second kappa shape index (κ2) is 6.70. The van der Waals surface area contributed by atoms with E-state index in [0.29, 0.717) is 22.9 Å². The van der Waals surface area contributed by atoms with Crippen molar-refractivity contribution in [3.8, 4) is 0 Å². The molecule has 5 unspecified atom stereocenters. The van der Waals surface area contributed by atoms with Crippen molar-refractivity contribution in [2.24, 2.45) is 52.3 Å². The molecular weight excluding hydrogens is 370 g/mol. The molecule has 6 fully saturated rings. The third kappa shape index (κ3) is 2.61. The van der Waals surface area contributed by atoms with Gasteiger partial charge in [-0.15, -0.1) is 0 Å². The highest BCUT2D eigenvalue weighted by Gasteiger charge is 2.69. The first-order valence-corrected chi connectivity index (χ1v) is 13.5. The maximum absolute atomic E-state index is 10.3. The van der Waals surface area contributed by atoms with Crippen molar-refractivity contribution in [2.75, 3.05) is 6.54 Å². The molecule has 3 N–H and O–H groups in total. The van der Waals surface area contributed by atoms with Crippen molar-refractivity contribution in [2.45, 2.75) is 110 Å². The SMILES string of the molecule is C[C@H]1CC[C@]2([NH2+]C1)OC1CC3[C@@H]4CCC5C[C@H](O)CC[C@]5(C)C4CC[C@]3(C)C1[C@@H]2C. The van der Waals surface area contributed by atoms with Gasteiger partial charge >= 0.3 is 0 Å². The first-order valence-electron chi connectivity index (χ1n) is 13.5. The minimum atomic E-state index is -0.0285. The molecular formula is C27H46NO2+. The van der Waals surface area contributed by atoms with Gasteiger partial charge in [-0.2, -0.15) is 0 Å². The van der Waals surface area contributed by atoms with Crippen LogP contribution in [0.1, 0.15) is 91.9 Å². The second-order valence-corrected chi connectivity index (χ2v) is 13.4. The summed E-state index contributed by atoms with van der Waals surface area (Å²) in [4.78, 5) is 0. The van der Waals surface area contributed by atoms with Crippen LogP contribution in [0.3, 0.4) is 0 Å². The highest BCUT2D eigenvalue weighted by Crippen LogP contribution is 2.70. The molecule has 6 aliphatic rings. The topological polar surface area (TPSA) is 46.1 Å². The molecule has 0 aromatic carbocycles. The summed E-state index contributed by atoms with van der Waals surface area (Å²) in [5.74, 6) is 5.75. The van der Waals surface area contributed by atoms with Crippen LogP contribution < -0.4 is 5.32 Å². The van der Waals surface area contributed by atoms with Crippen LogP contribution in [-0.4, -0.2) is 29.6 Å². The van der Waals surface area contributed by atoms with Crippen LogP contribution >= 0.6 is 0 Å². The van der Waals surface area contributed by atoms with Crippen LogP contribution in [0.25, 0.3) is 0 Å². The summed E-state index contributed by atoms with van der Waals surface area (Å²) in [7, 11) is 0. The molecule has 170 valence electrons. The highest BCUT2D eigenvalue weighted by atomic mass is 16.5. The second-order valence-electron chi connectivity index (χ2n) is 13.4. The zero-order chi connectivity index (χ0) is 20.9. The maximum atomic E-state index is 10.3. The summed E-state index contributed by atoms with van der Waals surface area (Å²) in [5, 5.41) is 12.9. The zero-order valence-corrected chi connectivity index (χ0v) is 19.9. The molecule has 3 heteroatoms. The van der Waals surface area contributed by atoms with Gasteiger partial charge in [-0.3, -0.25) is 0 Å². The fraction of sp³-hybridized carbons (Fsp3) is 1.00. The lowest BCUT2D eigenvalue weighted by Gasteiger charge is -2.61. The molecule has 0 bridgehead atoms. The number of fused-ring (bicyclic) bond motifs is 7. The van der Waals surface area contributed by atoms with E-state index in [2.05, 4.69) is 33.0 Å². The normalized spacial score (nSPS) is 62.5. The lowest BCUT2D eigenvalue weighted by atomic mass is 9.44. The summed E-state index contributed by atoms with van der Waals surface area (Å²) in [5.41, 5.74) is 1.07. The minimum absolute atomic E-state index is 0.0285. The predicted molar refractivity (Wildman–Crippen MR) is 119 cm³/mol. The van der Waals surface area contributed by atoms with Crippen molar-refractivity contribution in [1.82, 2.24) is 0 Å². The fourth-order valence-corrected chi connectivity index (χ4v) is 10.6. The van der Waals surface area contributed by atoms with E-state index >= 15 is 0 Å². The van der Waals surface area contributed by atoms with Gasteiger partial charge in [-0.25, -0.2) is 0 Å². The summed E-state index contributed by atoms with van der Waals surface area (Å²) >= 11 is 0. The van der Waals surface area contributed by atoms with Crippen molar-refractivity contribution >= 4 is 0 Å². The first kappa shape index (κ1) is 20.5. The Hall–Kier alpha value is -0.120. The average Bonchev–Trinajstić information content (AvgIpc) is 3.16.